The molecule has 0 aromatic carbocycles. The summed E-state index contributed by atoms with van der Waals surface area (Å²) in [5.41, 5.74) is -0.159. The van der Waals surface area contributed by atoms with Crippen molar-refractivity contribution in [2.24, 2.45) is 5.41 Å². The van der Waals surface area contributed by atoms with Gasteiger partial charge in [-0.15, -0.1) is 0 Å². The number of aliphatic hydroxyl groups is 1. The fourth-order valence-corrected chi connectivity index (χ4v) is 3.27. The predicted molar refractivity (Wildman–Crippen MR) is 93.9 cm³/mol. The van der Waals surface area contributed by atoms with Gasteiger partial charge in [0.1, 0.15) is 0 Å². The fraction of sp³-hybridized carbons (Fsp3) is 1.00. The lowest BCUT2D eigenvalue weighted by molar-refractivity contribution is -0.201. The zero-order valence-corrected chi connectivity index (χ0v) is 15.9. The van der Waals surface area contributed by atoms with Gasteiger partial charge in [-0.2, -0.15) is 0 Å². The summed E-state index contributed by atoms with van der Waals surface area (Å²) in [6.45, 7) is 6.05. The molecule has 0 aliphatic heterocycles. The largest absolute Gasteiger partial charge is 0.367 e. The summed E-state index contributed by atoms with van der Waals surface area (Å²) < 4.78 is 5.75. The van der Waals surface area contributed by atoms with Crippen LogP contribution < -0.4 is 0 Å². The summed E-state index contributed by atoms with van der Waals surface area (Å²) in [6, 6.07) is 0. The van der Waals surface area contributed by atoms with Crippen molar-refractivity contribution in [1.82, 2.24) is 0 Å². The van der Waals surface area contributed by atoms with Crippen LogP contribution in [0.25, 0.3) is 0 Å². The van der Waals surface area contributed by atoms with Crippen molar-refractivity contribution < 1.29 is 9.84 Å². The number of aliphatic hydroxyl groups excluding tert-OH is 1. The summed E-state index contributed by atoms with van der Waals surface area (Å²) in [7, 11) is 0. The van der Waals surface area contributed by atoms with E-state index in [2.05, 4.69) is 15.9 Å². The average Bonchev–Trinajstić information content (AvgIpc) is 3.16. The molecule has 126 valence electrons. The van der Waals surface area contributed by atoms with Crippen molar-refractivity contribution in [1.29, 1.82) is 0 Å². The smallest absolute Gasteiger partial charge is 0.160 e. The van der Waals surface area contributed by atoms with Crippen molar-refractivity contribution in [3.8, 4) is 0 Å². The summed E-state index contributed by atoms with van der Waals surface area (Å²) in [5, 5.41) is 11.4. The third kappa shape index (κ3) is 8.56. The van der Waals surface area contributed by atoms with Gasteiger partial charge >= 0.3 is 0 Å². The molecular formula is C18H35BrO2. The molecule has 3 heteroatoms. The zero-order valence-electron chi connectivity index (χ0n) is 14.3. The minimum atomic E-state index is -0.568. The summed E-state index contributed by atoms with van der Waals surface area (Å²) in [6.07, 6.45) is 13.6. The SMILES string of the molecule is CC(C)(C)OC(O)C1(CCCCCCCCCCBr)CC1. The number of ether oxygens (including phenoxy) is 1. The van der Waals surface area contributed by atoms with Crippen molar-refractivity contribution >= 4 is 15.9 Å². The molecule has 0 spiro atoms. The van der Waals surface area contributed by atoms with Gasteiger partial charge in [0, 0.05) is 10.7 Å². The molecule has 21 heavy (non-hydrogen) atoms. The monoisotopic (exact) mass is 362 g/mol. The van der Waals surface area contributed by atoms with E-state index in [1.165, 1.54) is 51.4 Å². The van der Waals surface area contributed by atoms with E-state index in [1.807, 2.05) is 20.8 Å². The van der Waals surface area contributed by atoms with Gasteiger partial charge in [-0.05, 0) is 46.5 Å². The van der Waals surface area contributed by atoms with E-state index in [4.69, 9.17) is 4.74 Å². The Labute approximate surface area is 140 Å². The van der Waals surface area contributed by atoms with Crippen LogP contribution in [0.2, 0.25) is 0 Å². The van der Waals surface area contributed by atoms with Gasteiger partial charge in [0.2, 0.25) is 0 Å². The highest BCUT2D eigenvalue weighted by Gasteiger charge is 2.49. The third-order valence-corrected chi connectivity index (χ3v) is 5.00. The molecule has 1 aliphatic rings. The van der Waals surface area contributed by atoms with Crippen LogP contribution in [0.4, 0.5) is 0 Å². The lowest BCUT2D eigenvalue weighted by Gasteiger charge is -2.29. The van der Waals surface area contributed by atoms with E-state index in [-0.39, 0.29) is 11.0 Å². The maximum absolute atomic E-state index is 10.3. The fourth-order valence-electron chi connectivity index (χ4n) is 2.87. The van der Waals surface area contributed by atoms with Gasteiger partial charge in [-0.25, -0.2) is 0 Å². The molecular weight excluding hydrogens is 328 g/mol. The Hall–Kier alpha value is 0.400. The van der Waals surface area contributed by atoms with Crippen molar-refractivity contribution in [3.63, 3.8) is 0 Å². The highest BCUT2D eigenvalue weighted by Crippen LogP contribution is 2.53. The maximum Gasteiger partial charge on any atom is 0.160 e. The van der Waals surface area contributed by atoms with E-state index < -0.39 is 6.29 Å². The van der Waals surface area contributed by atoms with Gasteiger partial charge in [0.15, 0.2) is 6.29 Å². The average molecular weight is 363 g/mol. The van der Waals surface area contributed by atoms with Crippen LogP contribution in [-0.4, -0.2) is 22.3 Å². The van der Waals surface area contributed by atoms with E-state index >= 15 is 0 Å². The molecule has 1 N–H and O–H groups in total. The van der Waals surface area contributed by atoms with Crippen molar-refractivity contribution in [2.45, 2.75) is 103 Å². The number of hydrogen-bond acceptors (Lipinski definition) is 2. The van der Waals surface area contributed by atoms with Crippen LogP contribution in [0, 0.1) is 5.41 Å². The number of unbranched alkanes of at least 4 members (excludes halogenated alkanes) is 7. The first-order valence-corrected chi connectivity index (χ1v) is 9.94. The van der Waals surface area contributed by atoms with Crippen molar-refractivity contribution in [3.05, 3.63) is 0 Å². The molecule has 0 amide bonds. The highest BCUT2D eigenvalue weighted by atomic mass is 79.9. The van der Waals surface area contributed by atoms with Gasteiger partial charge < -0.3 is 9.84 Å². The van der Waals surface area contributed by atoms with Crippen LogP contribution in [-0.2, 0) is 4.74 Å². The molecule has 2 nitrogen and oxygen atoms in total. The third-order valence-electron chi connectivity index (χ3n) is 4.44. The molecule has 1 saturated carbocycles. The quantitative estimate of drug-likeness (QED) is 0.269. The molecule has 1 fully saturated rings. The Balaban J connectivity index is 2.02. The number of rotatable bonds is 12. The normalized spacial score (nSPS) is 18.7. The maximum atomic E-state index is 10.3. The van der Waals surface area contributed by atoms with E-state index in [0.29, 0.717) is 0 Å². The van der Waals surface area contributed by atoms with Gasteiger partial charge in [0.05, 0.1) is 5.60 Å². The van der Waals surface area contributed by atoms with Gasteiger partial charge in [-0.3, -0.25) is 0 Å². The van der Waals surface area contributed by atoms with E-state index in [0.717, 1.165) is 24.6 Å². The molecule has 0 saturated heterocycles. The first-order chi connectivity index (χ1) is 9.90. The highest BCUT2D eigenvalue weighted by molar-refractivity contribution is 9.09. The molecule has 1 aliphatic carbocycles. The van der Waals surface area contributed by atoms with Crippen LogP contribution in [0.15, 0.2) is 0 Å². The van der Waals surface area contributed by atoms with Crippen LogP contribution in [0.5, 0.6) is 0 Å². The molecule has 0 aromatic heterocycles. The Morgan fingerprint density at radius 1 is 0.952 bits per heavy atom. The van der Waals surface area contributed by atoms with E-state index in [9.17, 15) is 5.11 Å². The first kappa shape index (κ1) is 19.4. The Kier molecular flexibility index (Phi) is 8.82. The van der Waals surface area contributed by atoms with Gasteiger partial charge in [-0.1, -0.05) is 60.9 Å². The minimum Gasteiger partial charge on any atom is -0.367 e. The lowest BCUT2D eigenvalue weighted by atomic mass is 9.96. The second-order valence-electron chi connectivity index (χ2n) is 7.71. The molecule has 1 rings (SSSR count). The minimum absolute atomic E-state index is 0.0865. The first-order valence-electron chi connectivity index (χ1n) is 8.81. The number of hydrogen-bond donors (Lipinski definition) is 1. The van der Waals surface area contributed by atoms with Crippen LogP contribution in [0.3, 0.4) is 0 Å². The number of halogens is 1. The summed E-state index contributed by atoms with van der Waals surface area (Å²) in [5.74, 6) is 0. The molecule has 0 aromatic rings. The summed E-state index contributed by atoms with van der Waals surface area (Å²) >= 11 is 3.48. The topological polar surface area (TPSA) is 29.5 Å². The van der Waals surface area contributed by atoms with Gasteiger partial charge in [0.25, 0.3) is 0 Å². The molecule has 0 bridgehead atoms. The Bertz CT molecular complexity index is 269. The molecule has 0 radical (unpaired) electrons. The zero-order chi connectivity index (χ0) is 15.8. The molecule has 1 unspecified atom stereocenters. The van der Waals surface area contributed by atoms with E-state index in [1.54, 1.807) is 0 Å². The standard InChI is InChI=1S/C18H35BrO2/c1-17(2,3)21-16(20)18(13-14-18)12-10-8-6-4-5-7-9-11-15-19/h16,20H,4-15H2,1-3H3. The van der Waals surface area contributed by atoms with Crippen molar-refractivity contribution in [2.75, 3.05) is 5.33 Å². The van der Waals surface area contributed by atoms with Crippen LogP contribution >= 0.6 is 15.9 Å². The molecule has 1 atom stereocenters. The van der Waals surface area contributed by atoms with Crippen LogP contribution in [0.1, 0.15) is 91.4 Å². The second-order valence-corrected chi connectivity index (χ2v) is 8.51. The molecule has 0 heterocycles. The predicted octanol–water partition coefficient (Wildman–Crippen LogP) is 5.81. The Morgan fingerprint density at radius 3 is 1.86 bits per heavy atom. The number of alkyl halides is 1. The lowest BCUT2D eigenvalue weighted by Crippen LogP contribution is -2.33. The second kappa shape index (κ2) is 9.52. The summed E-state index contributed by atoms with van der Waals surface area (Å²) in [4.78, 5) is 0. The Morgan fingerprint density at radius 2 is 1.43 bits per heavy atom.